The average Bonchev–Trinajstić information content (AvgIpc) is 2.35. The molecule has 0 aliphatic carbocycles. The topological polar surface area (TPSA) is 26.3 Å². The molecule has 0 heterocycles. The fourth-order valence-electron chi connectivity index (χ4n) is 1.69. The number of carbonyl (C=O) groups excluding carboxylic acids is 1. The van der Waals surface area contributed by atoms with Crippen molar-refractivity contribution in [2.75, 3.05) is 6.61 Å². The Labute approximate surface area is 94.8 Å². The highest BCUT2D eigenvalue weighted by atomic mass is 16.5. The molecule has 0 fully saturated rings. The van der Waals surface area contributed by atoms with E-state index in [1.807, 2.05) is 49.6 Å². The molecule has 0 atom stereocenters. The zero-order chi connectivity index (χ0) is 11.4. The van der Waals surface area contributed by atoms with Crippen LogP contribution < -0.4 is 4.74 Å². The van der Waals surface area contributed by atoms with Crippen LogP contribution >= 0.6 is 0 Å². The van der Waals surface area contributed by atoms with Gasteiger partial charge in [0.25, 0.3) is 0 Å². The van der Waals surface area contributed by atoms with Gasteiger partial charge in [0.05, 0.1) is 12.2 Å². The number of rotatable bonds is 4. The van der Waals surface area contributed by atoms with E-state index < -0.39 is 0 Å². The molecule has 0 bridgehead atoms. The lowest BCUT2D eigenvalue weighted by atomic mass is 10.0. The van der Waals surface area contributed by atoms with E-state index in [-0.39, 0.29) is 0 Å². The van der Waals surface area contributed by atoms with Crippen LogP contribution in [-0.4, -0.2) is 12.9 Å². The van der Waals surface area contributed by atoms with Gasteiger partial charge in [-0.15, -0.1) is 0 Å². The van der Waals surface area contributed by atoms with Gasteiger partial charge in [0.2, 0.25) is 6.29 Å². The highest BCUT2D eigenvalue weighted by molar-refractivity contribution is 6.00. The summed E-state index contributed by atoms with van der Waals surface area (Å²) in [6.07, 6.45) is 2.89. The zero-order valence-corrected chi connectivity index (χ0v) is 9.19. The Morgan fingerprint density at radius 1 is 1.19 bits per heavy atom. The number of hydrogen-bond donors (Lipinski definition) is 0. The van der Waals surface area contributed by atoms with E-state index in [2.05, 4.69) is 0 Å². The van der Waals surface area contributed by atoms with E-state index in [0.29, 0.717) is 17.9 Å². The Morgan fingerprint density at radius 3 is 2.75 bits per heavy atom. The van der Waals surface area contributed by atoms with Crippen LogP contribution in [0.25, 0.3) is 10.8 Å². The Balaban J connectivity index is 2.54. The summed E-state index contributed by atoms with van der Waals surface area (Å²) in [6, 6.07) is 11.5. The summed E-state index contributed by atoms with van der Waals surface area (Å²) >= 11 is 0. The van der Waals surface area contributed by atoms with Crippen molar-refractivity contribution >= 4 is 17.1 Å². The number of benzene rings is 2. The minimum atomic E-state index is 0.520. The summed E-state index contributed by atoms with van der Waals surface area (Å²) in [5.41, 5.74) is 0.520. The summed E-state index contributed by atoms with van der Waals surface area (Å²) in [5, 5.41) is 1.93. The zero-order valence-electron chi connectivity index (χ0n) is 9.19. The van der Waals surface area contributed by atoms with Crippen molar-refractivity contribution in [3.05, 3.63) is 42.0 Å². The number of ether oxygens (including phenoxy) is 1. The fraction of sp³-hybridized carbons (Fsp3) is 0.214. The van der Waals surface area contributed by atoms with Crippen LogP contribution in [-0.2, 0) is 4.79 Å². The van der Waals surface area contributed by atoms with E-state index in [4.69, 9.17) is 4.74 Å². The van der Waals surface area contributed by atoms with Gasteiger partial charge < -0.3 is 4.74 Å². The molecule has 0 aromatic heterocycles. The highest BCUT2D eigenvalue weighted by Gasteiger charge is 2.07. The molecule has 2 heteroatoms. The molecule has 0 spiro atoms. The molecular formula is C14H13O2. The third-order valence-electron chi connectivity index (χ3n) is 2.45. The molecule has 2 rings (SSSR count). The summed E-state index contributed by atoms with van der Waals surface area (Å²) in [5.74, 6) is 0.621. The van der Waals surface area contributed by atoms with Gasteiger partial charge >= 0.3 is 0 Å². The summed E-state index contributed by atoms with van der Waals surface area (Å²) in [4.78, 5) is 11.0. The molecule has 16 heavy (non-hydrogen) atoms. The summed E-state index contributed by atoms with van der Waals surface area (Å²) in [6.45, 7) is 2.65. The standard InChI is InChI=1S/C14H13O2/c1-2-9-16-14-8-7-11-5-3-4-6-12(11)13(14)10-15/h3-8H,2,9H2,1H3. The minimum absolute atomic E-state index is 0.520. The van der Waals surface area contributed by atoms with Crippen LogP contribution in [0.5, 0.6) is 5.75 Å². The van der Waals surface area contributed by atoms with Crippen molar-refractivity contribution in [3.63, 3.8) is 0 Å². The molecule has 2 aromatic rings. The predicted octanol–water partition coefficient (Wildman–Crippen LogP) is 3.09. The van der Waals surface area contributed by atoms with E-state index in [0.717, 1.165) is 17.2 Å². The highest BCUT2D eigenvalue weighted by Crippen LogP contribution is 2.26. The monoisotopic (exact) mass is 213 g/mol. The third kappa shape index (κ3) is 1.91. The first-order valence-electron chi connectivity index (χ1n) is 5.39. The first-order valence-corrected chi connectivity index (χ1v) is 5.39. The van der Waals surface area contributed by atoms with Crippen LogP contribution in [0.1, 0.15) is 18.9 Å². The normalized spacial score (nSPS) is 10.3. The predicted molar refractivity (Wildman–Crippen MR) is 64.5 cm³/mol. The van der Waals surface area contributed by atoms with Gasteiger partial charge in [0.15, 0.2) is 0 Å². The number of hydrogen-bond acceptors (Lipinski definition) is 2. The lowest BCUT2D eigenvalue weighted by Crippen LogP contribution is -1.99. The Bertz CT molecular complexity index is 503. The van der Waals surface area contributed by atoms with Crippen molar-refractivity contribution < 1.29 is 9.53 Å². The van der Waals surface area contributed by atoms with Crippen LogP contribution in [0.2, 0.25) is 0 Å². The van der Waals surface area contributed by atoms with E-state index in [1.54, 1.807) is 0 Å². The summed E-state index contributed by atoms with van der Waals surface area (Å²) in [7, 11) is 0. The van der Waals surface area contributed by atoms with E-state index in [9.17, 15) is 4.79 Å². The minimum Gasteiger partial charge on any atom is -0.493 e. The lowest BCUT2D eigenvalue weighted by molar-refractivity contribution is 0.317. The first kappa shape index (κ1) is 10.7. The molecule has 0 N–H and O–H groups in total. The molecule has 0 amide bonds. The Morgan fingerprint density at radius 2 is 2.00 bits per heavy atom. The molecule has 0 aliphatic heterocycles. The van der Waals surface area contributed by atoms with Crippen molar-refractivity contribution in [2.24, 2.45) is 0 Å². The second-order valence-corrected chi connectivity index (χ2v) is 3.61. The number of fused-ring (bicyclic) bond motifs is 1. The first-order chi connectivity index (χ1) is 7.86. The van der Waals surface area contributed by atoms with Gasteiger partial charge in [0, 0.05) is 0 Å². The Kier molecular flexibility index (Phi) is 3.20. The molecule has 0 saturated heterocycles. The molecule has 0 aliphatic rings. The molecule has 81 valence electrons. The van der Waals surface area contributed by atoms with Crippen molar-refractivity contribution in [1.29, 1.82) is 0 Å². The molecule has 2 aromatic carbocycles. The van der Waals surface area contributed by atoms with Crippen LogP contribution in [0.4, 0.5) is 0 Å². The van der Waals surface area contributed by atoms with Crippen molar-refractivity contribution in [1.82, 2.24) is 0 Å². The smallest absolute Gasteiger partial charge is 0.238 e. The van der Waals surface area contributed by atoms with Crippen LogP contribution in [0, 0.1) is 0 Å². The quantitative estimate of drug-likeness (QED) is 0.780. The second-order valence-electron chi connectivity index (χ2n) is 3.61. The van der Waals surface area contributed by atoms with E-state index in [1.165, 1.54) is 0 Å². The van der Waals surface area contributed by atoms with Gasteiger partial charge in [-0.1, -0.05) is 37.3 Å². The molecular weight excluding hydrogens is 200 g/mol. The van der Waals surface area contributed by atoms with Gasteiger partial charge in [-0.3, -0.25) is 4.79 Å². The summed E-state index contributed by atoms with van der Waals surface area (Å²) < 4.78 is 5.52. The maximum Gasteiger partial charge on any atom is 0.238 e. The largest absolute Gasteiger partial charge is 0.493 e. The van der Waals surface area contributed by atoms with Gasteiger partial charge in [-0.05, 0) is 23.3 Å². The molecule has 0 saturated carbocycles. The maximum atomic E-state index is 11.0. The molecule has 2 nitrogen and oxygen atoms in total. The third-order valence-corrected chi connectivity index (χ3v) is 2.45. The second kappa shape index (κ2) is 4.79. The van der Waals surface area contributed by atoms with Crippen molar-refractivity contribution in [3.8, 4) is 5.75 Å². The van der Waals surface area contributed by atoms with Gasteiger partial charge in [-0.2, -0.15) is 0 Å². The van der Waals surface area contributed by atoms with E-state index >= 15 is 0 Å². The Hall–Kier alpha value is -1.83. The van der Waals surface area contributed by atoms with Gasteiger partial charge in [-0.25, -0.2) is 0 Å². The molecule has 0 unspecified atom stereocenters. The SMILES string of the molecule is CCCOc1ccc2ccccc2c1[C]=O. The van der Waals surface area contributed by atoms with Gasteiger partial charge in [0.1, 0.15) is 5.75 Å². The van der Waals surface area contributed by atoms with Crippen molar-refractivity contribution in [2.45, 2.75) is 13.3 Å². The van der Waals surface area contributed by atoms with Crippen LogP contribution in [0.15, 0.2) is 36.4 Å². The lowest BCUT2D eigenvalue weighted by Gasteiger charge is -2.09. The van der Waals surface area contributed by atoms with Crippen LogP contribution in [0.3, 0.4) is 0 Å². The molecule has 1 radical (unpaired) electrons. The fourth-order valence-corrected chi connectivity index (χ4v) is 1.69. The maximum absolute atomic E-state index is 11.0. The average molecular weight is 213 g/mol.